The van der Waals surface area contributed by atoms with Crippen molar-refractivity contribution in [1.29, 1.82) is 0 Å². The van der Waals surface area contributed by atoms with Crippen molar-refractivity contribution >= 4 is 23.1 Å². The highest BCUT2D eigenvalue weighted by molar-refractivity contribution is 6.00. The molecule has 0 bridgehead atoms. The van der Waals surface area contributed by atoms with Crippen LogP contribution in [0.15, 0.2) is 30.3 Å². The SMILES string of the molecule is O=C(O)CC1=CCC(=O)Nc2ccccc21. The third kappa shape index (κ3) is 2.11. The van der Waals surface area contributed by atoms with E-state index in [1.807, 2.05) is 18.2 Å². The van der Waals surface area contributed by atoms with E-state index in [9.17, 15) is 9.59 Å². The first-order chi connectivity index (χ1) is 7.66. The fourth-order valence-corrected chi connectivity index (χ4v) is 1.73. The second kappa shape index (κ2) is 4.18. The summed E-state index contributed by atoms with van der Waals surface area (Å²) in [6, 6.07) is 7.22. The van der Waals surface area contributed by atoms with E-state index in [1.165, 1.54) is 0 Å². The molecule has 1 aromatic carbocycles. The third-order valence-electron chi connectivity index (χ3n) is 2.42. The Balaban J connectivity index is 2.44. The fourth-order valence-electron chi connectivity index (χ4n) is 1.73. The van der Waals surface area contributed by atoms with Gasteiger partial charge in [-0.25, -0.2) is 0 Å². The van der Waals surface area contributed by atoms with Gasteiger partial charge < -0.3 is 10.4 Å². The number of hydrogen-bond acceptors (Lipinski definition) is 2. The van der Waals surface area contributed by atoms with Crippen molar-refractivity contribution in [3.8, 4) is 0 Å². The Morgan fingerprint density at radius 3 is 2.88 bits per heavy atom. The molecule has 0 atom stereocenters. The third-order valence-corrected chi connectivity index (χ3v) is 2.42. The van der Waals surface area contributed by atoms with Gasteiger partial charge in [-0.15, -0.1) is 0 Å². The molecule has 1 amide bonds. The summed E-state index contributed by atoms with van der Waals surface area (Å²) in [6.07, 6.45) is 1.83. The zero-order chi connectivity index (χ0) is 11.5. The Morgan fingerprint density at radius 1 is 1.38 bits per heavy atom. The number of nitrogens with one attached hydrogen (secondary N) is 1. The summed E-state index contributed by atoms with van der Waals surface area (Å²) in [6.45, 7) is 0. The van der Waals surface area contributed by atoms with Crippen LogP contribution in [-0.2, 0) is 9.59 Å². The number of aliphatic carboxylic acids is 1. The number of hydrogen-bond donors (Lipinski definition) is 2. The summed E-state index contributed by atoms with van der Waals surface area (Å²) in [5.74, 6) is -1.01. The van der Waals surface area contributed by atoms with Gasteiger partial charge in [-0.05, 0) is 11.6 Å². The molecule has 1 heterocycles. The number of para-hydroxylation sites is 1. The molecular weight excluding hydrogens is 206 g/mol. The fraction of sp³-hybridized carbons (Fsp3) is 0.167. The first-order valence-corrected chi connectivity index (χ1v) is 4.97. The Morgan fingerprint density at radius 2 is 2.12 bits per heavy atom. The maximum Gasteiger partial charge on any atom is 0.307 e. The zero-order valence-electron chi connectivity index (χ0n) is 8.56. The van der Waals surface area contributed by atoms with Gasteiger partial charge in [-0.2, -0.15) is 0 Å². The molecule has 82 valence electrons. The molecule has 0 fully saturated rings. The van der Waals surface area contributed by atoms with Crippen LogP contribution in [0.1, 0.15) is 18.4 Å². The topological polar surface area (TPSA) is 66.4 Å². The maximum absolute atomic E-state index is 11.4. The van der Waals surface area contributed by atoms with E-state index in [-0.39, 0.29) is 18.7 Å². The second-order valence-corrected chi connectivity index (χ2v) is 3.60. The highest BCUT2D eigenvalue weighted by Crippen LogP contribution is 2.29. The number of carboxylic acid groups (broad SMARTS) is 1. The first kappa shape index (κ1) is 10.4. The summed E-state index contributed by atoms with van der Waals surface area (Å²) in [7, 11) is 0. The van der Waals surface area contributed by atoms with Gasteiger partial charge in [0.15, 0.2) is 0 Å². The van der Waals surface area contributed by atoms with Crippen LogP contribution in [-0.4, -0.2) is 17.0 Å². The highest BCUT2D eigenvalue weighted by Gasteiger charge is 2.16. The monoisotopic (exact) mass is 217 g/mol. The predicted octanol–water partition coefficient (Wildman–Crippen LogP) is 1.89. The van der Waals surface area contributed by atoms with Crippen molar-refractivity contribution in [3.05, 3.63) is 35.9 Å². The van der Waals surface area contributed by atoms with Crippen molar-refractivity contribution in [2.45, 2.75) is 12.8 Å². The van der Waals surface area contributed by atoms with Crippen molar-refractivity contribution in [2.24, 2.45) is 0 Å². The van der Waals surface area contributed by atoms with E-state index in [1.54, 1.807) is 12.1 Å². The van der Waals surface area contributed by atoms with Gasteiger partial charge in [0.1, 0.15) is 0 Å². The van der Waals surface area contributed by atoms with E-state index < -0.39 is 5.97 Å². The maximum atomic E-state index is 11.4. The van der Waals surface area contributed by atoms with Crippen LogP contribution in [0.5, 0.6) is 0 Å². The standard InChI is InChI=1S/C12H11NO3/c14-11-6-5-8(7-12(15)16)9-3-1-2-4-10(9)13-11/h1-5H,6-7H2,(H,13,14)(H,15,16). The number of fused-ring (bicyclic) bond motifs is 1. The minimum absolute atomic E-state index is 0.0635. The number of carbonyl (C=O) groups excluding carboxylic acids is 1. The average Bonchev–Trinajstić information content (AvgIpc) is 2.38. The zero-order valence-corrected chi connectivity index (χ0v) is 8.56. The summed E-state index contributed by atoms with van der Waals surface area (Å²) < 4.78 is 0. The molecule has 0 saturated heterocycles. The molecule has 16 heavy (non-hydrogen) atoms. The summed E-state index contributed by atoms with van der Waals surface area (Å²) in [4.78, 5) is 22.1. The molecule has 0 aliphatic carbocycles. The van der Waals surface area contributed by atoms with Crippen LogP contribution in [0, 0.1) is 0 Å². The Hall–Kier alpha value is -2.10. The van der Waals surface area contributed by atoms with E-state index >= 15 is 0 Å². The molecule has 4 nitrogen and oxygen atoms in total. The van der Waals surface area contributed by atoms with Crippen molar-refractivity contribution in [3.63, 3.8) is 0 Å². The van der Waals surface area contributed by atoms with Crippen LogP contribution < -0.4 is 5.32 Å². The summed E-state index contributed by atoms with van der Waals surface area (Å²) >= 11 is 0. The molecule has 1 aliphatic heterocycles. The van der Waals surface area contributed by atoms with E-state index in [0.717, 1.165) is 5.56 Å². The Bertz CT molecular complexity index is 477. The molecule has 0 aromatic heterocycles. The minimum atomic E-state index is -0.893. The largest absolute Gasteiger partial charge is 0.481 e. The van der Waals surface area contributed by atoms with Gasteiger partial charge in [0.2, 0.25) is 5.91 Å². The quantitative estimate of drug-likeness (QED) is 0.794. The van der Waals surface area contributed by atoms with Crippen LogP contribution in [0.25, 0.3) is 5.57 Å². The average molecular weight is 217 g/mol. The molecule has 2 rings (SSSR count). The second-order valence-electron chi connectivity index (χ2n) is 3.60. The van der Waals surface area contributed by atoms with Crippen molar-refractivity contribution in [1.82, 2.24) is 0 Å². The molecule has 1 aliphatic rings. The molecule has 1 aromatic rings. The van der Waals surface area contributed by atoms with Gasteiger partial charge >= 0.3 is 5.97 Å². The Labute approximate surface area is 92.6 Å². The number of anilines is 1. The van der Waals surface area contributed by atoms with Gasteiger partial charge in [0.25, 0.3) is 0 Å². The Kier molecular flexibility index (Phi) is 2.72. The molecule has 0 saturated carbocycles. The number of carboxylic acids is 1. The molecule has 2 N–H and O–H groups in total. The molecule has 0 spiro atoms. The van der Waals surface area contributed by atoms with E-state index in [0.29, 0.717) is 11.3 Å². The molecule has 0 radical (unpaired) electrons. The van der Waals surface area contributed by atoms with Crippen LogP contribution >= 0.6 is 0 Å². The number of carbonyl (C=O) groups is 2. The minimum Gasteiger partial charge on any atom is -0.481 e. The normalized spacial score (nSPS) is 14.5. The smallest absolute Gasteiger partial charge is 0.307 e. The number of rotatable bonds is 2. The van der Waals surface area contributed by atoms with Gasteiger partial charge in [-0.1, -0.05) is 24.3 Å². The molecule has 0 unspecified atom stereocenters. The van der Waals surface area contributed by atoms with Crippen LogP contribution in [0.3, 0.4) is 0 Å². The van der Waals surface area contributed by atoms with Crippen LogP contribution in [0.4, 0.5) is 5.69 Å². The lowest BCUT2D eigenvalue weighted by Gasteiger charge is -2.08. The summed E-state index contributed by atoms with van der Waals surface area (Å²) in [5.41, 5.74) is 2.15. The molecule has 4 heteroatoms. The summed E-state index contributed by atoms with van der Waals surface area (Å²) in [5, 5.41) is 11.5. The van der Waals surface area contributed by atoms with E-state index in [2.05, 4.69) is 5.32 Å². The highest BCUT2D eigenvalue weighted by atomic mass is 16.4. The van der Waals surface area contributed by atoms with Crippen LogP contribution in [0.2, 0.25) is 0 Å². The first-order valence-electron chi connectivity index (χ1n) is 4.97. The van der Waals surface area contributed by atoms with Gasteiger partial charge in [0, 0.05) is 17.7 Å². The lowest BCUT2D eigenvalue weighted by Crippen LogP contribution is -2.09. The lowest BCUT2D eigenvalue weighted by molar-refractivity contribution is -0.135. The van der Waals surface area contributed by atoms with E-state index in [4.69, 9.17) is 5.11 Å². The predicted molar refractivity (Wildman–Crippen MR) is 59.9 cm³/mol. The number of amides is 1. The van der Waals surface area contributed by atoms with Gasteiger partial charge in [-0.3, -0.25) is 9.59 Å². The van der Waals surface area contributed by atoms with Crippen molar-refractivity contribution in [2.75, 3.05) is 5.32 Å². The lowest BCUT2D eigenvalue weighted by atomic mass is 10.0. The molecular formula is C12H11NO3. The number of benzene rings is 1. The van der Waals surface area contributed by atoms with Crippen molar-refractivity contribution < 1.29 is 14.7 Å². The van der Waals surface area contributed by atoms with Gasteiger partial charge in [0.05, 0.1) is 6.42 Å².